The minimum atomic E-state index is -4.44. The minimum absolute atomic E-state index is 0.300. The molecule has 6 rings (SSSR count). The molecule has 2 fully saturated rings. The molecule has 1 N–H and O–H groups in total. The number of pyridine rings is 1. The first-order valence-corrected chi connectivity index (χ1v) is 15.2. The second kappa shape index (κ2) is 11.5. The number of hydrogen-bond acceptors (Lipinski definition) is 3. The molecule has 0 unspecified atom stereocenters. The van der Waals surface area contributed by atoms with Crippen molar-refractivity contribution >= 4 is 40.3 Å². The van der Waals surface area contributed by atoms with E-state index >= 15 is 0 Å². The number of nitrogens with zero attached hydrogens (tertiary/aromatic N) is 4. The van der Waals surface area contributed by atoms with Gasteiger partial charge in [-0.25, -0.2) is 0 Å². The van der Waals surface area contributed by atoms with Gasteiger partial charge in [0.1, 0.15) is 0 Å². The quantitative estimate of drug-likeness (QED) is 0.225. The van der Waals surface area contributed by atoms with Crippen LogP contribution < -0.4 is 15.1 Å². The maximum absolute atomic E-state index is 13.6. The van der Waals surface area contributed by atoms with Crippen molar-refractivity contribution in [1.82, 2.24) is 14.9 Å². The Morgan fingerprint density at radius 2 is 1.72 bits per heavy atom. The smallest absolute Gasteiger partial charge is 0.370 e. The van der Waals surface area contributed by atoms with Crippen LogP contribution in [0.15, 0.2) is 72.9 Å². The lowest BCUT2D eigenvalue weighted by molar-refractivity contribution is -0.137. The first kappa shape index (κ1) is 29.5. The van der Waals surface area contributed by atoms with Gasteiger partial charge in [0.05, 0.1) is 34.1 Å². The highest BCUT2D eigenvalue weighted by molar-refractivity contribution is 7.80. The van der Waals surface area contributed by atoms with Crippen molar-refractivity contribution in [1.29, 1.82) is 0 Å². The summed E-state index contributed by atoms with van der Waals surface area (Å²) in [6.07, 6.45) is -0.425. The second-order valence-electron chi connectivity index (χ2n) is 11.5. The lowest BCUT2D eigenvalue weighted by atomic mass is 9.96. The largest absolute Gasteiger partial charge is 0.416 e. The molecule has 5 nitrogen and oxygen atoms in total. The van der Waals surface area contributed by atoms with Crippen LogP contribution >= 0.6 is 23.8 Å². The van der Waals surface area contributed by atoms with Crippen LogP contribution in [0.3, 0.4) is 0 Å². The Bertz CT molecular complexity index is 1650. The summed E-state index contributed by atoms with van der Waals surface area (Å²) < 4.78 is 42.7. The lowest BCUT2D eigenvalue weighted by Gasteiger charge is -2.33. The van der Waals surface area contributed by atoms with Crippen molar-refractivity contribution in [3.63, 3.8) is 0 Å². The highest BCUT2D eigenvalue weighted by Crippen LogP contribution is 2.45. The normalized spacial score (nSPS) is 19.7. The molecule has 2 aliphatic rings. The molecule has 43 heavy (non-hydrogen) atoms. The van der Waals surface area contributed by atoms with Crippen LogP contribution in [0.2, 0.25) is 5.02 Å². The summed E-state index contributed by atoms with van der Waals surface area (Å²) in [5.41, 5.74) is 5.00. The molecule has 0 radical (unpaired) electrons. The average molecular weight is 624 g/mol. The number of piperidine rings is 1. The molecule has 4 heterocycles. The van der Waals surface area contributed by atoms with Gasteiger partial charge >= 0.3 is 6.18 Å². The topological polar surface area (TPSA) is 36.3 Å². The predicted molar refractivity (Wildman–Crippen MR) is 170 cm³/mol. The van der Waals surface area contributed by atoms with Crippen molar-refractivity contribution in [3.8, 4) is 5.69 Å². The molecular weight excluding hydrogens is 591 g/mol. The van der Waals surface area contributed by atoms with Gasteiger partial charge in [-0.05, 0) is 105 Å². The maximum atomic E-state index is 13.6. The number of hydrogen-bond donors (Lipinski definition) is 1. The number of thiocarbonyl (C=S) groups is 1. The van der Waals surface area contributed by atoms with Gasteiger partial charge < -0.3 is 19.7 Å². The Kier molecular flexibility index (Phi) is 7.89. The molecule has 0 bridgehead atoms. The number of nitrogens with one attached hydrogen (secondary N) is 1. The van der Waals surface area contributed by atoms with E-state index < -0.39 is 11.7 Å². The zero-order chi connectivity index (χ0) is 30.5. The van der Waals surface area contributed by atoms with Crippen LogP contribution in [0, 0.1) is 19.8 Å². The molecule has 2 aromatic carbocycles. The molecule has 4 aromatic rings. The molecular formula is C33H33ClF3N5S. The van der Waals surface area contributed by atoms with E-state index in [0.29, 0.717) is 21.7 Å². The van der Waals surface area contributed by atoms with Crippen molar-refractivity contribution < 1.29 is 13.2 Å². The number of anilines is 2. The van der Waals surface area contributed by atoms with E-state index in [4.69, 9.17) is 23.8 Å². The summed E-state index contributed by atoms with van der Waals surface area (Å²) >= 11 is 12.9. The van der Waals surface area contributed by atoms with Crippen LogP contribution in [0.4, 0.5) is 24.5 Å². The minimum Gasteiger partial charge on any atom is -0.370 e. The van der Waals surface area contributed by atoms with E-state index in [-0.39, 0.29) is 12.1 Å². The van der Waals surface area contributed by atoms with E-state index in [1.807, 2.05) is 54.8 Å². The van der Waals surface area contributed by atoms with Gasteiger partial charge in [-0.2, -0.15) is 13.2 Å². The molecule has 0 aliphatic carbocycles. The van der Waals surface area contributed by atoms with Crippen LogP contribution in [0.5, 0.6) is 0 Å². The van der Waals surface area contributed by atoms with E-state index in [2.05, 4.69) is 33.1 Å². The molecule has 224 valence electrons. The van der Waals surface area contributed by atoms with Crippen LogP contribution in [-0.2, 0) is 6.18 Å². The monoisotopic (exact) mass is 623 g/mol. The standard InChI is InChI=1S/C33H33ClF3N5S/c1-20-12-15-40(16-13-20)29-11-10-25(19-27(29)34)42-31(30(39-32(42)43)28-9-4-5-14-38-28)26-17-21(2)41(22(26)3)24-8-6-7-23(18-24)33(35,36)37/h4-11,14,17-20,30-31H,12-13,15-16H2,1-3H3,(H,39,43)/t30-,31+/m1/s1. The summed E-state index contributed by atoms with van der Waals surface area (Å²) in [6.45, 7) is 8.06. The number of halogens is 4. The fraction of sp³-hybridized carbons (Fsp3) is 0.333. The lowest BCUT2D eigenvalue weighted by Crippen LogP contribution is -2.33. The molecule has 10 heteroatoms. The highest BCUT2D eigenvalue weighted by atomic mass is 35.5. The fourth-order valence-corrected chi connectivity index (χ4v) is 7.05. The highest BCUT2D eigenvalue weighted by Gasteiger charge is 2.42. The average Bonchev–Trinajstić information content (AvgIpc) is 3.48. The summed E-state index contributed by atoms with van der Waals surface area (Å²) in [4.78, 5) is 9.03. The zero-order valence-corrected chi connectivity index (χ0v) is 25.8. The third-order valence-corrected chi connectivity index (χ3v) is 9.27. The molecule has 2 aromatic heterocycles. The first-order valence-electron chi connectivity index (χ1n) is 14.4. The second-order valence-corrected chi connectivity index (χ2v) is 12.3. The Labute approximate surface area is 260 Å². The van der Waals surface area contributed by atoms with Crippen molar-refractivity contribution in [2.45, 2.75) is 51.9 Å². The van der Waals surface area contributed by atoms with Crippen LogP contribution in [0.25, 0.3) is 5.69 Å². The van der Waals surface area contributed by atoms with E-state index in [9.17, 15) is 13.2 Å². The number of aryl methyl sites for hydroxylation is 1. The van der Waals surface area contributed by atoms with Gasteiger partial charge in [-0.15, -0.1) is 0 Å². The van der Waals surface area contributed by atoms with Crippen molar-refractivity contribution in [2.75, 3.05) is 22.9 Å². The van der Waals surface area contributed by atoms with E-state index in [1.54, 1.807) is 12.3 Å². The fourth-order valence-electron chi connectivity index (χ4n) is 6.41. The predicted octanol–water partition coefficient (Wildman–Crippen LogP) is 8.57. The number of rotatable bonds is 5. The summed E-state index contributed by atoms with van der Waals surface area (Å²) in [5, 5.41) is 4.66. The third kappa shape index (κ3) is 5.60. The third-order valence-electron chi connectivity index (χ3n) is 8.65. The summed E-state index contributed by atoms with van der Waals surface area (Å²) in [7, 11) is 0. The Hall–Kier alpha value is -3.56. The van der Waals surface area contributed by atoms with E-state index in [0.717, 1.165) is 66.0 Å². The van der Waals surface area contributed by atoms with Gasteiger partial charge in [-0.3, -0.25) is 4.98 Å². The van der Waals surface area contributed by atoms with Crippen molar-refractivity contribution in [3.05, 3.63) is 106 Å². The molecule has 0 amide bonds. The molecule has 0 spiro atoms. The van der Waals surface area contributed by atoms with Gasteiger partial charge in [0.2, 0.25) is 0 Å². The Morgan fingerprint density at radius 3 is 2.40 bits per heavy atom. The Morgan fingerprint density at radius 1 is 0.953 bits per heavy atom. The van der Waals surface area contributed by atoms with Gasteiger partial charge in [-0.1, -0.05) is 30.7 Å². The molecule has 0 saturated carbocycles. The van der Waals surface area contributed by atoms with E-state index in [1.165, 1.54) is 12.1 Å². The number of benzene rings is 2. The zero-order valence-electron chi connectivity index (χ0n) is 24.2. The summed E-state index contributed by atoms with van der Waals surface area (Å²) in [5.74, 6) is 0.710. The Balaban J connectivity index is 1.44. The first-order chi connectivity index (χ1) is 20.5. The van der Waals surface area contributed by atoms with Crippen LogP contribution in [-0.4, -0.2) is 27.8 Å². The molecule has 2 atom stereocenters. The SMILES string of the molecule is Cc1cc([C@H]2[C@@H](c3ccccn3)NC(=S)N2c2ccc(N3CCC(C)CC3)c(Cl)c2)c(C)n1-c1cccc(C(F)(F)F)c1. The van der Waals surface area contributed by atoms with Crippen molar-refractivity contribution in [2.24, 2.45) is 5.92 Å². The maximum Gasteiger partial charge on any atom is 0.416 e. The van der Waals surface area contributed by atoms with Gasteiger partial charge in [0.25, 0.3) is 0 Å². The molecule has 2 saturated heterocycles. The number of alkyl halides is 3. The molecule has 2 aliphatic heterocycles. The van der Waals surface area contributed by atoms with Crippen LogP contribution in [0.1, 0.15) is 60.1 Å². The summed E-state index contributed by atoms with van der Waals surface area (Å²) in [6, 6.07) is 18.7. The van der Waals surface area contributed by atoms with Gasteiger partial charge in [0, 0.05) is 42.0 Å². The van der Waals surface area contributed by atoms with Gasteiger partial charge in [0.15, 0.2) is 5.11 Å². The number of aromatic nitrogens is 2.